The van der Waals surface area contributed by atoms with Crippen molar-refractivity contribution in [2.75, 3.05) is 18.0 Å². The van der Waals surface area contributed by atoms with E-state index in [1.54, 1.807) is 49.4 Å². The monoisotopic (exact) mass is 551 g/mol. The number of carbonyl (C=O) groups excluding carboxylic acids is 2. The van der Waals surface area contributed by atoms with Crippen molar-refractivity contribution in [3.05, 3.63) is 90.0 Å². The van der Waals surface area contributed by atoms with Crippen molar-refractivity contribution >= 4 is 27.5 Å². The summed E-state index contributed by atoms with van der Waals surface area (Å²) in [5, 5.41) is 2.94. The first-order chi connectivity index (χ1) is 18.6. The zero-order valence-electron chi connectivity index (χ0n) is 23.1. The summed E-state index contributed by atoms with van der Waals surface area (Å²) >= 11 is 0. The number of benzene rings is 3. The summed E-state index contributed by atoms with van der Waals surface area (Å²) in [5.41, 5.74) is 2.20. The molecule has 0 saturated heterocycles. The second-order valence-corrected chi connectivity index (χ2v) is 11.4. The maximum Gasteiger partial charge on any atom is 0.264 e. The fraction of sp³-hybridized carbons (Fsp3) is 0.333. The number of methoxy groups -OCH3 is 1. The fourth-order valence-electron chi connectivity index (χ4n) is 4.05. The molecule has 39 heavy (non-hydrogen) atoms. The third-order valence-corrected chi connectivity index (χ3v) is 8.36. The van der Waals surface area contributed by atoms with Gasteiger partial charge in [0.15, 0.2) is 0 Å². The minimum Gasteiger partial charge on any atom is -0.497 e. The van der Waals surface area contributed by atoms with Gasteiger partial charge in [-0.25, -0.2) is 8.42 Å². The Labute approximate surface area is 231 Å². The number of hydrogen-bond acceptors (Lipinski definition) is 5. The molecule has 0 aliphatic heterocycles. The number of rotatable bonds is 12. The lowest BCUT2D eigenvalue weighted by molar-refractivity contribution is -0.139. The van der Waals surface area contributed by atoms with E-state index in [1.807, 2.05) is 45.0 Å². The van der Waals surface area contributed by atoms with Crippen molar-refractivity contribution < 1.29 is 22.7 Å². The molecule has 3 aromatic carbocycles. The summed E-state index contributed by atoms with van der Waals surface area (Å²) in [7, 11) is -2.63. The fourth-order valence-corrected chi connectivity index (χ4v) is 5.47. The first-order valence-corrected chi connectivity index (χ1v) is 14.4. The van der Waals surface area contributed by atoms with E-state index in [1.165, 1.54) is 24.1 Å². The highest BCUT2D eigenvalue weighted by molar-refractivity contribution is 7.92. The van der Waals surface area contributed by atoms with Gasteiger partial charge in [0.25, 0.3) is 10.0 Å². The minimum absolute atomic E-state index is 0.0211. The van der Waals surface area contributed by atoms with Crippen LogP contribution in [-0.2, 0) is 26.2 Å². The van der Waals surface area contributed by atoms with Crippen LogP contribution in [0.5, 0.6) is 5.75 Å². The molecule has 0 heterocycles. The summed E-state index contributed by atoms with van der Waals surface area (Å²) in [5.74, 6) is -0.277. The third kappa shape index (κ3) is 7.60. The molecule has 2 atom stereocenters. The molecule has 0 spiro atoms. The van der Waals surface area contributed by atoms with E-state index in [0.717, 1.165) is 21.9 Å². The quantitative estimate of drug-likeness (QED) is 0.357. The van der Waals surface area contributed by atoms with Crippen LogP contribution < -0.4 is 14.4 Å². The highest BCUT2D eigenvalue weighted by Gasteiger charge is 2.32. The number of anilines is 1. The number of nitrogens with one attached hydrogen (secondary N) is 1. The smallest absolute Gasteiger partial charge is 0.264 e. The maximum atomic E-state index is 13.9. The Balaban J connectivity index is 2.00. The van der Waals surface area contributed by atoms with Crippen LogP contribution >= 0.6 is 0 Å². The average molecular weight is 552 g/mol. The van der Waals surface area contributed by atoms with Gasteiger partial charge in [-0.05, 0) is 69.2 Å². The van der Waals surface area contributed by atoms with Crippen molar-refractivity contribution in [2.45, 2.75) is 57.6 Å². The first-order valence-electron chi connectivity index (χ1n) is 12.9. The lowest BCUT2D eigenvalue weighted by Crippen LogP contribution is -2.52. The number of aryl methyl sites for hydroxylation is 1. The zero-order valence-corrected chi connectivity index (χ0v) is 23.9. The van der Waals surface area contributed by atoms with Crippen LogP contribution in [0.4, 0.5) is 5.69 Å². The number of amides is 2. The molecule has 9 heteroatoms. The molecule has 0 unspecified atom stereocenters. The highest BCUT2D eigenvalue weighted by Crippen LogP contribution is 2.26. The predicted octanol–water partition coefficient (Wildman–Crippen LogP) is 4.53. The molecule has 0 saturated carbocycles. The van der Waals surface area contributed by atoms with Crippen molar-refractivity contribution in [1.29, 1.82) is 0 Å². The predicted molar refractivity (Wildman–Crippen MR) is 153 cm³/mol. The average Bonchev–Trinajstić information content (AvgIpc) is 2.94. The van der Waals surface area contributed by atoms with Crippen LogP contribution in [0, 0.1) is 6.92 Å². The van der Waals surface area contributed by atoms with Crippen LogP contribution in [0.25, 0.3) is 0 Å². The van der Waals surface area contributed by atoms with Gasteiger partial charge in [0.2, 0.25) is 11.8 Å². The number of carbonyl (C=O) groups is 2. The molecule has 0 aliphatic carbocycles. The van der Waals surface area contributed by atoms with Gasteiger partial charge in [-0.3, -0.25) is 13.9 Å². The standard InChI is InChI=1S/C30H37N3O5S/c1-6-23(3)31-30(35)24(4)32(20-25-12-10-11-22(2)19-25)29(34)21-33(26-13-8-7-9-14-26)39(36,37)28-17-15-27(38-5)16-18-28/h7-19,23-24H,6,20-21H2,1-5H3,(H,31,35)/t23-,24-/m1/s1. The molecule has 3 aromatic rings. The molecule has 1 N–H and O–H groups in total. The largest absolute Gasteiger partial charge is 0.497 e. The molecular formula is C30H37N3O5S. The van der Waals surface area contributed by atoms with Crippen LogP contribution in [0.3, 0.4) is 0 Å². The Kier molecular flexibility index (Phi) is 10.1. The van der Waals surface area contributed by atoms with E-state index in [-0.39, 0.29) is 23.4 Å². The summed E-state index contributed by atoms with van der Waals surface area (Å²) < 4.78 is 33.9. The molecule has 0 aromatic heterocycles. The molecular weight excluding hydrogens is 514 g/mol. The van der Waals surface area contributed by atoms with E-state index in [9.17, 15) is 18.0 Å². The van der Waals surface area contributed by atoms with Gasteiger partial charge in [0.1, 0.15) is 18.3 Å². The summed E-state index contributed by atoms with van der Waals surface area (Å²) in [6, 6.07) is 21.3. The Bertz CT molecular complexity index is 1360. The lowest BCUT2D eigenvalue weighted by atomic mass is 10.1. The topological polar surface area (TPSA) is 96.0 Å². The van der Waals surface area contributed by atoms with Crippen LogP contribution in [0.2, 0.25) is 0 Å². The molecule has 8 nitrogen and oxygen atoms in total. The molecule has 208 valence electrons. The summed E-state index contributed by atoms with van der Waals surface area (Å²) in [6.45, 7) is 7.15. The van der Waals surface area contributed by atoms with Crippen molar-refractivity contribution in [3.63, 3.8) is 0 Å². The van der Waals surface area contributed by atoms with Gasteiger partial charge in [-0.1, -0.05) is 55.0 Å². The van der Waals surface area contributed by atoms with E-state index in [2.05, 4.69) is 5.32 Å². The highest BCUT2D eigenvalue weighted by atomic mass is 32.2. The van der Waals surface area contributed by atoms with Crippen molar-refractivity contribution in [1.82, 2.24) is 10.2 Å². The van der Waals surface area contributed by atoms with E-state index in [0.29, 0.717) is 11.4 Å². The van der Waals surface area contributed by atoms with Crippen LogP contribution in [0.15, 0.2) is 83.8 Å². The normalized spacial score (nSPS) is 12.7. The second-order valence-electron chi connectivity index (χ2n) is 9.53. The van der Waals surface area contributed by atoms with Crippen molar-refractivity contribution in [3.8, 4) is 5.75 Å². The van der Waals surface area contributed by atoms with Gasteiger partial charge < -0.3 is 15.0 Å². The first kappa shape index (κ1) is 29.7. The SMILES string of the molecule is CC[C@@H](C)NC(=O)[C@@H](C)N(Cc1cccc(C)c1)C(=O)CN(c1ccccc1)S(=O)(=O)c1ccc(OC)cc1. The minimum atomic E-state index is -4.13. The van der Waals surface area contributed by atoms with Gasteiger partial charge >= 0.3 is 0 Å². The Morgan fingerprint density at radius 2 is 1.62 bits per heavy atom. The van der Waals surface area contributed by atoms with E-state index < -0.39 is 28.5 Å². The number of hydrogen-bond donors (Lipinski definition) is 1. The molecule has 0 aliphatic rings. The molecule has 0 bridgehead atoms. The van der Waals surface area contributed by atoms with Gasteiger partial charge in [-0.2, -0.15) is 0 Å². The van der Waals surface area contributed by atoms with Gasteiger partial charge in [-0.15, -0.1) is 0 Å². The van der Waals surface area contributed by atoms with Crippen LogP contribution in [-0.4, -0.2) is 50.9 Å². The maximum absolute atomic E-state index is 13.9. The Morgan fingerprint density at radius 1 is 0.949 bits per heavy atom. The molecule has 0 fully saturated rings. The molecule has 2 amide bonds. The van der Waals surface area contributed by atoms with Crippen LogP contribution in [0.1, 0.15) is 38.3 Å². The number of nitrogens with zero attached hydrogens (tertiary/aromatic N) is 2. The summed E-state index contributed by atoms with van der Waals surface area (Å²) in [4.78, 5) is 28.5. The van der Waals surface area contributed by atoms with Crippen molar-refractivity contribution in [2.24, 2.45) is 0 Å². The Morgan fingerprint density at radius 3 is 2.21 bits per heavy atom. The van der Waals surface area contributed by atoms with Gasteiger partial charge in [0, 0.05) is 12.6 Å². The lowest BCUT2D eigenvalue weighted by Gasteiger charge is -2.32. The van der Waals surface area contributed by atoms with E-state index in [4.69, 9.17) is 4.74 Å². The number of sulfonamides is 1. The number of para-hydroxylation sites is 1. The Hall–Kier alpha value is -3.85. The van der Waals surface area contributed by atoms with Gasteiger partial charge in [0.05, 0.1) is 17.7 Å². The third-order valence-electron chi connectivity index (χ3n) is 6.57. The molecule has 0 radical (unpaired) electrons. The van der Waals surface area contributed by atoms with E-state index >= 15 is 0 Å². The molecule has 3 rings (SSSR count). The zero-order chi connectivity index (χ0) is 28.6. The number of ether oxygens (including phenoxy) is 1. The summed E-state index contributed by atoms with van der Waals surface area (Å²) in [6.07, 6.45) is 0.742. The second kappa shape index (κ2) is 13.3.